The molecule has 1 atom stereocenters. The lowest BCUT2D eigenvalue weighted by atomic mass is 10.3. The standard InChI is InChI=1S/4C4H6N2O2.C4H4N2O2.C3H4N2O2/c1-6-2-3(7)5-4(6)8;7-3-1-5-4(8)2-6-3;1-2-3(7)6-4(8)5-2;2*7-3-1-2-5-4(8)6-3;6-2-1-4-3(7)5-2/h2H2,1H3,(H,5,7,8);1-2H2,(H,5,8)(H,6,7);2H,1H3,(H2,5,6,7,8);1-2H2,(H2,5,6,7,8);1-2H,(H2,5,6,7,8);1H2,(H2,4,5,6,7). The number of amides is 14. The van der Waals surface area contributed by atoms with Crippen LogP contribution in [0.1, 0.15) is 13.3 Å². The molecule has 47 heavy (non-hydrogen) atoms. The average Bonchev–Trinajstić information content (AvgIpc) is 3.61. The lowest BCUT2D eigenvalue weighted by Crippen LogP contribution is -2.48. The summed E-state index contributed by atoms with van der Waals surface area (Å²) in [4.78, 5) is 128. The van der Waals surface area contributed by atoms with Crippen LogP contribution in [0.4, 0.5) is 19.2 Å². The number of urea groups is 4. The van der Waals surface area contributed by atoms with Crippen molar-refractivity contribution in [3.63, 3.8) is 0 Å². The van der Waals surface area contributed by atoms with Gasteiger partial charge in [-0.25, -0.2) is 24.0 Å². The van der Waals surface area contributed by atoms with E-state index in [1.807, 2.05) is 10.3 Å². The lowest BCUT2D eigenvalue weighted by Gasteiger charge is -2.10. The van der Waals surface area contributed by atoms with Crippen LogP contribution < -0.4 is 59.1 Å². The van der Waals surface area contributed by atoms with Gasteiger partial charge in [0.05, 0.1) is 19.6 Å². The van der Waals surface area contributed by atoms with Crippen molar-refractivity contribution in [1.82, 2.24) is 62.7 Å². The van der Waals surface area contributed by atoms with Crippen molar-refractivity contribution in [3.8, 4) is 0 Å². The molecule has 0 saturated carbocycles. The molecule has 14 amide bonds. The number of likely N-dealkylation sites (N-methyl/N-ethyl adjacent to an activating group) is 1. The Labute approximate surface area is 262 Å². The van der Waals surface area contributed by atoms with E-state index in [2.05, 4.69) is 47.5 Å². The number of rotatable bonds is 0. The summed E-state index contributed by atoms with van der Waals surface area (Å²) < 4.78 is 0. The molecule has 6 heterocycles. The van der Waals surface area contributed by atoms with Crippen LogP contribution in [0.15, 0.2) is 21.9 Å². The summed E-state index contributed by atoms with van der Waals surface area (Å²) in [5, 5.41) is 20.1. The molecule has 5 saturated heterocycles. The van der Waals surface area contributed by atoms with Crippen molar-refractivity contribution >= 4 is 59.6 Å². The van der Waals surface area contributed by atoms with Gasteiger partial charge in [-0.1, -0.05) is 0 Å². The fraction of sp³-hybridized carbons (Fsp3) is 0.391. The average molecular weight is 669 g/mol. The molecule has 1 aromatic heterocycles. The monoisotopic (exact) mass is 668 g/mol. The minimum absolute atomic E-state index is 0.121. The number of hydrogen-bond donors (Lipinski definition) is 11. The van der Waals surface area contributed by atoms with Crippen LogP contribution in [0, 0.1) is 0 Å². The highest BCUT2D eigenvalue weighted by Crippen LogP contribution is 1.91. The maximum atomic E-state index is 10.4. The third kappa shape index (κ3) is 17.3. The molecule has 5 fully saturated rings. The molecule has 6 rings (SSSR count). The second-order valence-corrected chi connectivity index (χ2v) is 9.03. The summed E-state index contributed by atoms with van der Waals surface area (Å²) in [5.74, 6) is -1.18. The zero-order valence-corrected chi connectivity index (χ0v) is 24.8. The van der Waals surface area contributed by atoms with Crippen LogP contribution in [-0.2, 0) is 28.8 Å². The summed E-state index contributed by atoms with van der Waals surface area (Å²) >= 11 is 0. The third-order valence-electron chi connectivity index (χ3n) is 5.08. The normalized spacial score (nSPS) is 18.9. The minimum atomic E-state index is -0.475. The Hall–Kier alpha value is -6.62. The number of nitrogens with zero attached hydrogens (tertiary/aromatic N) is 1. The van der Waals surface area contributed by atoms with Gasteiger partial charge < -0.3 is 36.5 Å². The Balaban J connectivity index is 0.000000282. The second kappa shape index (κ2) is 19.6. The van der Waals surface area contributed by atoms with E-state index >= 15 is 0 Å². The van der Waals surface area contributed by atoms with E-state index in [0.717, 1.165) is 0 Å². The van der Waals surface area contributed by atoms with Crippen molar-refractivity contribution in [2.45, 2.75) is 19.4 Å². The van der Waals surface area contributed by atoms with E-state index in [9.17, 15) is 57.5 Å². The first-order valence-corrected chi connectivity index (χ1v) is 13.2. The predicted octanol–water partition coefficient (Wildman–Crippen LogP) is -6.28. The maximum Gasteiger partial charge on any atom is 0.325 e. The van der Waals surface area contributed by atoms with Gasteiger partial charge in [0.2, 0.25) is 35.4 Å². The Morgan fingerprint density at radius 3 is 1.45 bits per heavy atom. The van der Waals surface area contributed by atoms with Gasteiger partial charge >= 0.3 is 29.8 Å². The summed E-state index contributed by atoms with van der Waals surface area (Å²) in [6.45, 7) is 2.65. The minimum Gasteiger partial charge on any atom is -0.346 e. The molecule has 0 aliphatic carbocycles. The zero-order chi connectivity index (χ0) is 35.5. The molecule has 0 aromatic carbocycles. The van der Waals surface area contributed by atoms with E-state index in [-0.39, 0.29) is 85.3 Å². The van der Waals surface area contributed by atoms with Gasteiger partial charge in [0.25, 0.3) is 5.56 Å². The lowest BCUT2D eigenvalue weighted by molar-refractivity contribution is -0.130. The molecular formula is C23H32N12O12. The van der Waals surface area contributed by atoms with E-state index in [0.29, 0.717) is 13.0 Å². The Kier molecular flexibility index (Phi) is 16.0. The van der Waals surface area contributed by atoms with E-state index in [1.54, 1.807) is 14.0 Å². The smallest absolute Gasteiger partial charge is 0.325 e. The molecule has 0 spiro atoms. The summed E-state index contributed by atoms with van der Waals surface area (Å²) in [6, 6.07) is -0.618. The number of nitrogens with one attached hydrogen (secondary N) is 11. The van der Waals surface area contributed by atoms with Crippen LogP contribution >= 0.6 is 0 Å². The molecule has 0 bridgehead atoms. The number of aromatic amines is 2. The molecule has 24 heteroatoms. The Morgan fingerprint density at radius 1 is 0.638 bits per heavy atom. The Morgan fingerprint density at radius 2 is 1.21 bits per heavy atom. The highest BCUT2D eigenvalue weighted by atomic mass is 16.2. The van der Waals surface area contributed by atoms with Crippen molar-refractivity contribution in [2.75, 3.05) is 39.8 Å². The van der Waals surface area contributed by atoms with Gasteiger partial charge in [-0.3, -0.25) is 59.8 Å². The van der Waals surface area contributed by atoms with Crippen LogP contribution in [0.5, 0.6) is 0 Å². The van der Waals surface area contributed by atoms with E-state index < -0.39 is 17.8 Å². The second-order valence-electron chi connectivity index (χ2n) is 9.03. The summed E-state index contributed by atoms with van der Waals surface area (Å²) in [5.41, 5.74) is -0.855. The number of hydrogen-bond acceptors (Lipinski definition) is 12. The van der Waals surface area contributed by atoms with Gasteiger partial charge in [0.1, 0.15) is 12.6 Å². The summed E-state index contributed by atoms with van der Waals surface area (Å²) in [6.07, 6.45) is 1.69. The highest BCUT2D eigenvalue weighted by molar-refractivity contribution is 6.04. The van der Waals surface area contributed by atoms with Gasteiger partial charge in [0, 0.05) is 32.3 Å². The van der Waals surface area contributed by atoms with Crippen LogP contribution in [0.2, 0.25) is 0 Å². The largest absolute Gasteiger partial charge is 0.346 e. The van der Waals surface area contributed by atoms with Crippen LogP contribution in [-0.4, -0.2) is 120 Å². The molecular weight excluding hydrogens is 636 g/mol. The molecule has 5 aliphatic rings. The van der Waals surface area contributed by atoms with Crippen molar-refractivity contribution < 1.29 is 47.9 Å². The highest BCUT2D eigenvalue weighted by Gasteiger charge is 2.24. The van der Waals surface area contributed by atoms with Gasteiger partial charge in [-0.05, 0) is 6.92 Å². The van der Waals surface area contributed by atoms with Gasteiger partial charge in [0.15, 0.2) is 0 Å². The maximum absolute atomic E-state index is 10.4. The first kappa shape index (κ1) is 38.4. The zero-order valence-electron chi connectivity index (χ0n) is 24.8. The van der Waals surface area contributed by atoms with Crippen LogP contribution in [0.3, 0.4) is 0 Å². The van der Waals surface area contributed by atoms with Crippen molar-refractivity contribution in [1.29, 1.82) is 0 Å². The van der Waals surface area contributed by atoms with Crippen molar-refractivity contribution in [2.24, 2.45) is 0 Å². The topological polar surface area (TPSA) is 348 Å². The summed E-state index contributed by atoms with van der Waals surface area (Å²) in [7, 11) is 1.57. The van der Waals surface area contributed by atoms with Crippen LogP contribution in [0.25, 0.3) is 0 Å². The van der Waals surface area contributed by atoms with Crippen molar-refractivity contribution in [3.05, 3.63) is 33.1 Å². The molecule has 256 valence electrons. The molecule has 24 nitrogen and oxygen atoms in total. The van der Waals surface area contributed by atoms with Gasteiger partial charge in [-0.2, -0.15) is 0 Å². The fourth-order valence-electron chi connectivity index (χ4n) is 2.82. The molecule has 1 unspecified atom stereocenters. The predicted molar refractivity (Wildman–Crippen MR) is 154 cm³/mol. The van der Waals surface area contributed by atoms with E-state index in [4.69, 9.17) is 0 Å². The third-order valence-corrected chi connectivity index (χ3v) is 5.08. The number of carbonyl (C=O) groups excluding carboxylic acids is 10. The first-order valence-electron chi connectivity index (χ1n) is 13.2. The molecule has 1 aromatic rings. The van der Waals surface area contributed by atoms with E-state index in [1.165, 1.54) is 17.2 Å². The van der Waals surface area contributed by atoms with Gasteiger partial charge in [-0.15, -0.1) is 0 Å². The quantitative estimate of drug-likeness (QED) is 0.115. The SMILES string of the molecule is CC1NC(=O)NC1=O.CN1CC(=O)NC1=O.O=C1CCNC(=O)N1.O=C1CNC(=O)CN1.O=C1CNC(=O)N1.O=c1cc[nH]c(=O)[nH]1. The molecule has 11 N–H and O–H groups in total. The number of imide groups is 4. The number of H-pyrrole nitrogens is 2. The number of piperazine rings is 1. The number of aromatic nitrogens is 2. The molecule has 5 aliphatic heterocycles. The number of carbonyl (C=O) groups is 10. The molecule has 0 radical (unpaired) electrons. The first-order chi connectivity index (χ1) is 22.0. The Bertz CT molecular complexity index is 1380. The fourth-order valence-corrected chi connectivity index (χ4v) is 2.82.